The van der Waals surface area contributed by atoms with Gasteiger partial charge in [-0.3, -0.25) is 14.7 Å². The number of aromatic amines is 1. The smallest absolute Gasteiger partial charge is 0.251 e. The van der Waals surface area contributed by atoms with E-state index in [0.29, 0.717) is 23.6 Å². The van der Waals surface area contributed by atoms with Gasteiger partial charge in [0.2, 0.25) is 0 Å². The van der Waals surface area contributed by atoms with E-state index in [1.54, 1.807) is 12.1 Å². The molecule has 3 aromatic heterocycles. The van der Waals surface area contributed by atoms with Gasteiger partial charge >= 0.3 is 0 Å². The lowest BCUT2D eigenvalue weighted by atomic mass is 9.93. The van der Waals surface area contributed by atoms with Crippen molar-refractivity contribution < 1.29 is 13.9 Å². The van der Waals surface area contributed by atoms with Crippen molar-refractivity contribution in [2.24, 2.45) is 0 Å². The molecule has 0 bridgehead atoms. The summed E-state index contributed by atoms with van der Waals surface area (Å²) in [7, 11) is 0. The van der Waals surface area contributed by atoms with Gasteiger partial charge in [-0.25, -0.2) is 8.78 Å². The van der Waals surface area contributed by atoms with Crippen LogP contribution in [0.4, 0.5) is 8.78 Å². The van der Waals surface area contributed by atoms with E-state index in [1.165, 1.54) is 16.7 Å². The van der Waals surface area contributed by atoms with Gasteiger partial charge in [-0.1, -0.05) is 0 Å². The van der Waals surface area contributed by atoms with Crippen LogP contribution < -0.4 is 10.9 Å². The molecule has 1 aromatic carbocycles. The predicted molar refractivity (Wildman–Crippen MR) is 129 cm³/mol. The molecular formula is C26H27F2N5O2. The van der Waals surface area contributed by atoms with Crippen molar-refractivity contribution in [1.82, 2.24) is 24.8 Å². The molecule has 6 rings (SSSR count). The van der Waals surface area contributed by atoms with Crippen molar-refractivity contribution >= 4 is 21.9 Å². The van der Waals surface area contributed by atoms with E-state index in [0.717, 1.165) is 54.3 Å². The summed E-state index contributed by atoms with van der Waals surface area (Å²) < 4.78 is 29.9. The van der Waals surface area contributed by atoms with Crippen molar-refractivity contribution in [2.75, 3.05) is 19.6 Å². The summed E-state index contributed by atoms with van der Waals surface area (Å²) in [6.07, 6.45) is 2.88. The second-order valence-electron chi connectivity index (χ2n) is 9.92. The lowest BCUT2D eigenvalue weighted by molar-refractivity contribution is -0.0159. The summed E-state index contributed by atoms with van der Waals surface area (Å²) in [6, 6.07) is 8.34. The molecule has 0 amide bonds. The van der Waals surface area contributed by atoms with Crippen LogP contribution in [0.15, 0.2) is 41.3 Å². The van der Waals surface area contributed by atoms with Crippen molar-refractivity contribution in [1.29, 1.82) is 0 Å². The van der Waals surface area contributed by atoms with Crippen molar-refractivity contribution in [2.45, 2.75) is 44.5 Å². The van der Waals surface area contributed by atoms with E-state index in [1.807, 2.05) is 13.0 Å². The fraction of sp³-hybridized carbons (Fsp3) is 0.385. The lowest BCUT2D eigenvalue weighted by Crippen LogP contribution is -2.48. The number of hydrogen-bond acceptors (Lipinski definition) is 5. The Hall–Kier alpha value is -3.14. The first kappa shape index (κ1) is 22.3. The summed E-state index contributed by atoms with van der Waals surface area (Å²) in [6.45, 7) is 4.33. The minimum Gasteiger partial charge on any atom is -0.382 e. The molecule has 4 aromatic rings. The molecule has 182 valence electrons. The fourth-order valence-corrected chi connectivity index (χ4v) is 5.76. The average molecular weight is 480 g/mol. The largest absolute Gasteiger partial charge is 0.382 e. The Morgan fingerprint density at radius 2 is 2.03 bits per heavy atom. The van der Waals surface area contributed by atoms with Crippen molar-refractivity contribution in [3.05, 3.63) is 75.3 Å². The third-order valence-corrected chi connectivity index (χ3v) is 7.44. The Labute approximate surface area is 200 Å². The number of halogens is 2. The van der Waals surface area contributed by atoms with Gasteiger partial charge in [0.15, 0.2) is 0 Å². The van der Waals surface area contributed by atoms with E-state index in [9.17, 15) is 18.7 Å². The molecule has 3 N–H and O–H groups in total. The van der Waals surface area contributed by atoms with Crippen molar-refractivity contribution in [3.63, 3.8) is 0 Å². The van der Waals surface area contributed by atoms with Gasteiger partial charge in [0, 0.05) is 41.8 Å². The monoisotopic (exact) mass is 479 g/mol. The van der Waals surface area contributed by atoms with Gasteiger partial charge in [-0.15, -0.1) is 0 Å². The van der Waals surface area contributed by atoms with Gasteiger partial charge < -0.3 is 20.0 Å². The Morgan fingerprint density at radius 1 is 1.23 bits per heavy atom. The predicted octanol–water partition coefficient (Wildman–Crippen LogP) is 2.92. The molecule has 2 aliphatic rings. The molecule has 5 heterocycles. The molecule has 2 aliphatic heterocycles. The van der Waals surface area contributed by atoms with Crippen LogP contribution in [0.1, 0.15) is 29.7 Å². The highest BCUT2D eigenvalue weighted by Crippen LogP contribution is 2.38. The number of fused-ring (bicyclic) bond motifs is 1. The number of likely N-dealkylation sites (tertiary alicyclic amines) is 1. The van der Waals surface area contributed by atoms with Crippen LogP contribution in [0.25, 0.3) is 21.9 Å². The number of pyridine rings is 2. The number of aryl methyl sites for hydroxylation is 1. The van der Waals surface area contributed by atoms with Crippen molar-refractivity contribution in [3.8, 4) is 0 Å². The maximum atomic E-state index is 14.8. The first-order valence-corrected chi connectivity index (χ1v) is 12.0. The molecule has 7 nitrogen and oxygen atoms in total. The standard InChI is InChI=1S/C26H27F2N5O2/c1-15-8-17(27)9-16-10-19(31-24(15)16)11-29-18-4-6-32(7-5-18)13-26(35)14-33-22(34)3-2-21-25(33)23(26)20(28)12-30-21/h2-3,8-10,12,18,29,31,35H,4-7,11,13-14H2,1H3/t26-/m0/s1. The molecule has 0 saturated carbocycles. The van der Waals surface area contributed by atoms with E-state index < -0.39 is 11.4 Å². The number of β-amino-alcohol motifs (C(OH)–C–C–N with tert-alkyl or cyclic N) is 1. The topological polar surface area (TPSA) is 86.2 Å². The molecule has 0 aliphatic carbocycles. The van der Waals surface area contributed by atoms with Crippen LogP contribution in [0, 0.1) is 18.6 Å². The number of H-pyrrole nitrogens is 1. The highest BCUT2D eigenvalue weighted by Gasteiger charge is 2.43. The summed E-state index contributed by atoms with van der Waals surface area (Å²) >= 11 is 0. The zero-order valence-corrected chi connectivity index (χ0v) is 19.4. The van der Waals surface area contributed by atoms with Crippen LogP contribution in [0.2, 0.25) is 0 Å². The summed E-state index contributed by atoms with van der Waals surface area (Å²) in [4.78, 5) is 22.0. The zero-order valence-electron chi connectivity index (χ0n) is 19.4. The lowest BCUT2D eigenvalue weighted by Gasteiger charge is -2.37. The zero-order chi connectivity index (χ0) is 24.3. The van der Waals surface area contributed by atoms with Crippen LogP contribution >= 0.6 is 0 Å². The minimum absolute atomic E-state index is 0.0275. The third-order valence-electron chi connectivity index (χ3n) is 7.44. The molecule has 0 spiro atoms. The van der Waals surface area contributed by atoms with Gasteiger partial charge in [-0.05, 0) is 62.7 Å². The van der Waals surface area contributed by atoms with Crippen LogP contribution in [0.5, 0.6) is 0 Å². The van der Waals surface area contributed by atoms with Gasteiger partial charge in [0.05, 0.1) is 29.3 Å². The number of nitrogens with zero attached hydrogens (tertiary/aromatic N) is 3. The van der Waals surface area contributed by atoms with E-state index in [2.05, 4.69) is 20.2 Å². The average Bonchev–Trinajstić information content (AvgIpc) is 3.37. The first-order chi connectivity index (χ1) is 16.8. The SMILES string of the molecule is Cc1cc(F)cc2cc(CNC3CCN(C[C@]4(O)Cn5c(=O)ccc6ncc(F)c4c65)CC3)[nH]c12. The van der Waals surface area contributed by atoms with E-state index in [4.69, 9.17) is 0 Å². The van der Waals surface area contributed by atoms with Crippen LogP contribution in [0.3, 0.4) is 0 Å². The number of piperidine rings is 1. The Balaban J connectivity index is 1.11. The molecule has 0 unspecified atom stereocenters. The molecule has 35 heavy (non-hydrogen) atoms. The molecule has 1 saturated heterocycles. The normalized spacial score (nSPS) is 20.9. The Morgan fingerprint density at radius 3 is 2.83 bits per heavy atom. The number of aromatic nitrogens is 3. The first-order valence-electron chi connectivity index (χ1n) is 12.0. The molecule has 9 heteroatoms. The Kier molecular flexibility index (Phi) is 5.24. The minimum atomic E-state index is -1.48. The third kappa shape index (κ3) is 3.84. The van der Waals surface area contributed by atoms with Crippen LogP contribution in [-0.4, -0.2) is 50.2 Å². The van der Waals surface area contributed by atoms with Gasteiger partial charge in [0.25, 0.3) is 5.56 Å². The second kappa shape index (κ2) is 8.22. The number of benzene rings is 1. The summed E-state index contributed by atoms with van der Waals surface area (Å²) in [5, 5.41) is 15.9. The maximum Gasteiger partial charge on any atom is 0.251 e. The fourth-order valence-electron chi connectivity index (χ4n) is 5.76. The van der Waals surface area contributed by atoms with Gasteiger partial charge in [0.1, 0.15) is 17.2 Å². The molecule has 1 fully saturated rings. The quantitative estimate of drug-likeness (QED) is 0.410. The molecular weight excluding hydrogens is 452 g/mol. The van der Waals surface area contributed by atoms with E-state index in [-0.39, 0.29) is 30.0 Å². The Bertz CT molecular complexity index is 1510. The second-order valence-corrected chi connectivity index (χ2v) is 9.92. The van der Waals surface area contributed by atoms with E-state index >= 15 is 0 Å². The maximum absolute atomic E-state index is 14.8. The molecule has 1 atom stereocenters. The van der Waals surface area contributed by atoms with Gasteiger partial charge in [-0.2, -0.15) is 0 Å². The highest BCUT2D eigenvalue weighted by atomic mass is 19.1. The highest BCUT2D eigenvalue weighted by molar-refractivity contribution is 5.83. The molecule has 0 radical (unpaired) electrons. The summed E-state index contributed by atoms with van der Waals surface area (Å²) in [5.41, 5.74) is 2.19. The van der Waals surface area contributed by atoms with Crippen LogP contribution in [-0.2, 0) is 18.7 Å². The number of hydrogen-bond donors (Lipinski definition) is 3. The number of aliphatic hydroxyl groups is 1. The number of rotatable bonds is 5. The number of nitrogens with one attached hydrogen (secondary N) is 2. The summed E-state index contributed by atoms with van der Waals surface area (Å²) in [5.74, 6) is -0.813.